The van der Waals surface area contributed by atoms with E-state index in [1.807, 2.05) is 9.80 Å². The summed E-state index contributed by atoms with van der Waals surface area (Å²) < 4.78 is 44.3. The van der Waals surface area contributed by atoms with Crippen molar-refractivity contribution >= 4 is 28.1 Å². The first kappa shape index (κ1) is 21.9. The molecule has 0 atom stereocenters. The number of nitrogens with zero attached hydrogens (tertiary/aromatic N) is 5. The number of H-pyrrole nitrogens is 1. The Morgan fingerprint density at radius 3 is 2.59 bits per heavy atom. The van der Waals surface area contributed by atoms with Gasteiger partial charge in [-0.15, -0.1) is 0 Å². The van der Waals surface area contributed by atoms with Crippen LogP contribution in [0.2, 0.25) is 0 Å². The molecule has 176 valence electrons. The third kappa shape index (κ3) is 3.65. The van der Waals surface area contributed by atoms with Gasteiger partial charge in [-0.25, -0.2) is 23.6 Å². The number of aromatic nitrogens is 4. The van der Waals surface area contributed by atoms with Crippen molar-refractivity contribution in [1.29, 1.82) is 0 Å². The Morgan fingerprint density at radius 1 is 1.12 bits per heavy atom. The van der Waals surface area contributed by atoms with E-state index < -0.39 is 29.3 Å². The van der Waals surface area contributed by atoms with Gasteiger partial charge in [0.05, 0.1) is 17.4 Å². The van der Waals surface area contributed by atoms with Crippen molar-refractivity contribution in [1.82, 2.24) is 29.6 Å². The highest BCUT2D eigenvalue weighted by atomic mass is 19.1. The molecule has 1 aliphatic heterocycles. The molecule has 1 amide bonds. The maximum Gasteiger partial charge on any atom is 0.334 e. The minimum atomic E-state index is -0.824. The van der Waals surface area contributed by atoms with Crippen LogP contribution in [0, 0.1) is 17.7 Å². The van der Waals surface area contributed by atoms with Crippen LogP contribution >= 0.6 is 0 Å². The summed E-state index contributed by atoms with van der Waals surface area (Å²) in [6, 6.07) is 6.20. The third-order valence-electron chi connectivity index (χ3n) is 6.01. The molecule has 2 N–H and O–H groups in total. The van der Waals surface area contributed by atoms with E-state index in [1.54, 1.807) is 12.1 Å². The molecular weight excluding hydrogens is 451 g/mol. The molecule has 0 unspecified atom stereocenters. The smallest absolute Gasteiger partial charge is 0.334 e. The predicted octanol–water partition coefficient (Wildman–Crippen LogP) is 1.67. The Balaban J connectivity index is 1.32. The van der Waals surface area contributed by atoms with Crippen molar-refractivity contribution in [3.63, 3.8) is 0 Å². The minimum Gasteiger partial charge on any atom is -0.365 e. The molecule has 4 aromatic rings. The molecule has 12 heteroatoms. The van der Waals surface area contributed by atoms with Crippen LogP contribution in [0.25, 0.3) is 16.6 Å². The average molecular weight is 471 g/mol. The number of fused-ring (bicyclic) bond motifs is 3. The summed E-state index contributed by atoms with van der Waals surface area (Å²) in [5, 5.41) is 2.71. The van der Waals surface area contributed by atoms with E-state index in [0.29, 0.717) is 42.8 Å². The van der Waals surface area contributed by atoms with Gasteiger partial charge in [-0.3, -0.25) is 9.69 Å². The summed E-state index contributed by atoms with van der Waals surface area (Å²) in [7, 11) is 1.45. The molecule has 3 aromatic heterocycles. The number of rotatable bonds is 4. The highest BCUT2D eigenvalue weighted by Gasteiger charge is 2.23. The summed E-state index contributed by atoms with van der Waals surface area (Å²) in [5.74, 6) is -2.60. The Kier molecular flexibility index (Phi) is 5.44. The van der Waals surface area contributed by atoms with Crippen LogP contribution in [-0.4, -0.2) is 63.4 Å². The fourth-order valence-corrected chi connectivity index (χ4v) is 4.23. The maximum atomic E-state index is 15.2. The van der Waals surface area contributed by atoms with Crippen LogP contribution < -0.4 is 15.9 Å². The standard InChI is InChI=1S/C22H20F3N7O2/c1-26-21(33)14-4-5-15(19(25)28-14)31-8-6-30(7-9-31)11-12-2-3-13-18(17(12)24)29-22(34)32-16(23)10-27-20(13)32/h2-5,10H,6-9,11H2,1H3,(H,26,33)(H,29,34). The molecule has 0 aliphatic carbocycles. The predicted molar refractivity (Wildman–Crippen MR) is 118 cm³/mol. The molecule has 5 rings (SSSR count). The number of nitrogens with one attached hydrogen (secondary N) is 2. The number of carbonyl (C=O) groups excluding carboxylic acids is 1. The number of aromatic amines is 1. The lowest BCUT2D eigenvalue weighted by Crippen LogP contribution is -2.46. The number of piperazine rings is 1. The number of anilines is 1. The van der Waals surface area contributed by atoms with E-state index in [0.717, 1.165) is 10.6 Å². The van der Waals surface area contributed by atoms with Gasteiger partial charge in [0.15, 0.2) is 11.5 Å². The Bertz CT molecular complexity index is 1480. The topological polar surface area (TPSA) is 98.6 Å². The quantitative estimate of drug-likeness (QED) is 0.440. The van der Waals surface area contributed by atoms with Crippen LogP contribution in [0.4, 0.5) is 18.9 Å². The normalized spacial score (nSPS) is 14.8. The second kappa shape index (κ2) is 8.45. The van der Waals surface area contributed by atoms with Crippen LogP contribution in [0.3, 0.4) is 0 Å². The largest absolute Gasteiger partial charge is 0.365 e. The van der Waals surface area contributed by atoms with Gasteiger partial charge in [0, 0.05) is 50.7 Å². The molecule has 0 saturated carbocycles. The van der Waals surface area contributed by atoms with E-state index in [4.69, 9.17) is 0 Å². The number of benzene rings is 1. The summed E-state index contributed by atoms with van der Waals surface area (Å²) in [6.07, 6.45) is 0.916. The van der Waals surface area contributed by atoms with Gasteiger partial charge in [-0.1, -0.05) is 6.07 Å². The van der Waals surface area contributed by atoms with Gasteiger partial charge in [-0.2, -0.15) is 8.78 Å². The van der Waals surface area contributed by atoms with Gasteiger partial charge in [0.25, 0.3) is 5.91 Å². The van der Waals surface area contributed by atoms with Crippen molar-refractivity contribution in [2.45, 2.75) is 6.54 Å². The molecule has 0 radical (unpaired) electrons. The number of amides is 1. The van der Waals surface area contributed by atoms with Gasteiger partial charge in [0.1, 0.15) is 5.69 Å². The Labute approximate surface area is 190 Å². The zero-order chi connectivity index (χ0) is 24.0. The molecule has 9 nitrogen and oxygen atoms in total. The van der Waals surface area contributed by atoms with Gasteiger partial charge < -0.3 is 15.2 Å². The van der Waals surface area contributed by atoms with Crippen molar-refractivity contribution < 1.29 is 18.0 Å². The van der Waals surface area contributed by atoms with E-state index in [-0.39, 0.29) is 23.4 Å². The number of pyridine rings is 1. The number of imidazole rings is 1. The lowest BCUT2D eigenvalue weighted by atomic mass is 10.1. The van der Waals surface area contributed by atoms with Crippen LogP contribution in [-0.2, 0) is 6.54 Å². The van der Waals surface area contributed by atoms with Crippen molar-refractivity contribution in [3.05, 3.63) is 69.9 Å². The molecule has 1 aromatic carbocycles. The summed E-state index contributed by atoms with van der Waals surface area (Å²) in [4.78, 5) is 37.7. The van der Waals surface area contributed by atoms with Gasteiger partial charge in [0.2, 0.25) is 11.9 Å². The number of hydrogen-bond donors (Lipinski definition) is 2. The monoisotopic (exact) mass is 471 g/mol. The molecule has 1 aliphatic rings. The number of hydrogen-bond acceptors (Lipinski definition) is 6. The zero-order valence-corrected chi connectivity index (χ0v) is 18.1. The highest BCUT2D eigenvalue weighted by Crippen LogP contribution is 2.24. The van der Waals surface area contributed by atoms with Gasteiger partial charge >= 0.3 is 5.69 Å². The Morgan fingerprint density at radius 2 is 1.88 bits per heavy atom. The van der Waals surface area contributed by atoms with Gasteiger partial charge in [-0.05, 0) is 18.2 Å². The van der Waals surface area contributed by atoms with Crippen LogP contribution in [0.15, 0.2) is 35.3 Å². The average Bonchev–Trinajstić information content (AvgIpc) is 3.23. The SMILES string of the molecule is CNC(=O)c1ccc(N2CCN(Cc3ccc4c([nH]c(=O)n5c(F)cnc45)c3F)CC2)c(F)n1. The van der Waals surface area contributed by atoms with Crippen molar-refractivity contribution in [2.75, 3.05) is 38.1 Å². The molecule has 1 saturated heterocycles. The van der Waals surface area contributed by atoms with Crippen LogP contribution in [0.5, 0.6) is 0 Å². The van der Waals surface area contributed by atoms with E-state index in [2.05, 4.69) is 20.3 Å². The fourth-order valence-electron chi connectivity index (χ4n) is 4.23. The lowest BCUT2D eigenvalue weighted by Gasteiger charge is -2.36. The second-order valence-electron chi connectivity index (χ2n) is 7.98. The number of halogens is 3. The maximum absolute atomic E-state index is 15.2. The third-order valence-corrected chi connectivity index (χ3v) is 6.01. The highest BCUT2D eigenvalue weighted by molar-refractivity contribution is 5.92. The molecule has 34 heavy (non-hydrogen) atoms. The first-order chi connectivity index (χ1) is 16.4. The first-order valence-corrected chi connectivity index (χ1v) is 10.6. The summed E-state index contributed by atoms with van der Waals surface area (Å²) in [5.41, 5.74) is -0.103. The molecule has 0 bridgehead atoms. The van der Waals surface area contributed by atoms with E-state index >= 15 is 4.39 Å². The van der Waals surface area contributed by atoms with E-state index in [9.17, 15) is 18.4 Å². The minimum absolute atomic E-state index is 0.00238. The lowest BCUT2D eigenvalue weighted by molar-refractivity contribution is 0.0957. The molecule has 4 heterocycles. The summed E-state index contributed by atoms with van der Waals surface area (Å²) in [6.45, 7) is 2.32. The van der Waals surface area contributed by atoms with E-state index in [1.165, 1.54) is 19.2 Å². The second-order valence-corrected chi connectivity index (χ2v) is 7.98. The molecule has 1 fully saturated rings. The van der Waals surface area contributed by atoms with Crippen molar-refractivity contribution in [2.24, 2.45) is 0 Å². The van der Waals surface area contributed by atoms with Crippen LogP contribution in [0.1, 0.15) is 16.1 Å². The van der Waals surface area contributed by atoms with Crippen molar-refractivity contribution in [3.8, 4) is 0 Å². The number of carbonyl (C=O) groups is 1. The molecular formula is C22H20F3N7O2. The first-order valence-electron chi connectivity index (χ1n) is 10.6. The fraction of sp³-hybridized carbons (Fsp3) is 0.273. The summed E-state index contributed by atoms with van der Waals surface area (Å²) >= 11 is 0. The zero-order valence-electron chi connectivity index (χ0n) is 18.1. The molecule has 0 spiro atoms. The Hall–Kier alpha value is -3.93.